The van der Waals surface area contributed by atoms with Gasteiger partial charge in [-0.2, -0.15) is 0 Å². The summed E-state index contributed by atoms with van der Waals surface area (Å²) in [5.41, 5.74) is 3.36. The normalized spacial score (nSPS) is 15.9. The lowest BCUT2D eigenvalue weighted by Gasteiger charge is -2.22. The van der Waals surface area contributed by atoms with Gasteiger partial charge in [-0.1, -0.05) is 33.1 Å². The number of benzene rings is 1. The lowest BCUT2D eigenvalue weighted by Crippen LogP contribution is -2.15. The number of hydrogen-bond donors (Lipinski definition) is 0. The second-order valence-electron chi connectivity index (χ2n) is 7.11. The third-order valence-corrected chi connectivity index (χ3v) is 5.11. The molecule has 0 saturated heterocycles. The van der Waals surface area contributed by atoms with Crippen molar-refractivity contribution in [3.63, 3.8) is 0 Å². The molecule has 1 aliphatic rings. The Morgan fingerprint density at radius 1 is 1.19 bits per heavy atom. The van der Waals surface area contributed by atoms with Crippen molar-refractivity contribution in [3.8, 4) is 17.1 Å². The number of nitrogens with zero attached hydrogens (tertiary/aromatic N) is 2. The van der Waals surface area contributed by atoms with Gasteiger partial charge in [0.2, 0.25) is 0 Å². The SMILES string of the molecule is CCCCCOC(=O)Oc1ccc(-c2ncc3c(n2)CCC(CC)C3)cc1. The number of unbranched alkanes of at least 4 members (excludes halogenated alkanes) is 2. The van der Waals surface area contributed by atoms with Gasteiger partial charge in [0.1, 0.15) is 5.75 Å². The monoisotopic (exact) mass is 368 g/mol. The van der Waals surface area contributed by atoms with Crippen LogP contribution in [0.3, 0.4) is 0 Å². The minimum atomic E-state index is -0.658. The summed E-state index contributed by atoms with van der Waals surface area (Å²) in [6, 6.07) is 7.25. The van der Waals surface area contributed by atoms with Crippen molar-refractivity contribution in [3.05, 3.63) is 41.7 Å². The molecule has 1 unspecified atom stereocenters. The zero-order chi connectivity index (χ0) is 19.1. The zero-order valence-electron chi connectivity index (χ0n) is 16.2. The van der Waals surface area contributed by atoms with Crippen LogP contribution in [-0.2, 0) is 17.6 Å². The number of rotatable bonds is 7. The lowest BCUT2D eigenvalue weighted by atomic mass is 9.86. The molecule has 0 N–H and O–H groups in total. The molecule has 1 atom stereocenters. The van der Waals surface area contributed by atoms with Crippen LogP contribution in [0, 0.1) is 5.92 Å². The number of aryl methyl sites for hydroxylation is 1. The summed E-state index contributed by atoms with van der Waals surface area (Å²) in [4.78, 5) is 21.0. The number of aromatic nitrogens is 2. The van der Waals surface area contributed by atoms with Gasteiger partial charge in [-0.05, 0) is 61.4 Å². The Kier molecular flexibility index (Phi) is 6.80. The first-order chi connectivity index (χ1) is 13.2. The van der Waals surface area contributed by atoms with Crippen LogP contribution in [0.4, 0.5) is 4.79 Å². The molecule has 5 nitrogen and oxygen atoms in total. The van der Waals surface area contributed by atoms with E-state index in [-0.39, 0.29) is 0 Å². The largest absolute Gasteiger partial charge is 0.513 e. The number of ether oxygens (including phenoxy) is 2. The Morgan fingerprint density at radius 2 is 2.00 bits per heavy atom. The van der Waals surface area contributed by atoms with E-state index in [2.05, 4.69) is 18.8 Å². The first-order valence-corrected chi connectivity index (χ1v) is 9.99. The standard InChI is InChI=1S/C22H28N2O3/c1-3-5-6-13-26-22(25)27-19-10-8-17(9-11-19)21-23-15-18-14-16(4-2)7-12-20(18)24-21/h8-11,15-16H,3-7,12-14H2,1-2H3. The van der Waals surface area contributed by atoms with Crippen molar-refractivity contribution < 1.29 is 14.3 Å². The van der Waals surface area contributed by atoms with Crippen molar-refractivity contribution in [2.75, 3.05) is 6.61 Å². The Morgan fingerprint density at radius 3 is 2.74 bits per heavy atom. The van der Waals surface area contributed by atoms with Crippen LogP contribution < -0.4 is 4.74 Å². The summed E-state index contributed by atoms with van der Waals surface area (Å²) in [6.45, 7) is 4.75. The highest BCUT2D eigenvalue weighted by Crippen LogP contribution is 2.28. The van der Waals surface area contributed by atoms with Crippen molar-refractivity contribution in [1.82, 2.24) is 9.97 Å². The van der Waals surface area contributed by atoms with E-state index >= 15 is 0 Å². The molecule has 0 fully saturated rings. The molecule has 1 aliphatic carbocycles. The maximum Gasteiger partial charge on any atom is 0.513 e. The molecule has 5 heteroatoms. The first-order valence-electron chi connectivity index (χ1n) is 9.99. The van der Waals surface area contributed by atoms with E-state index in [4.69, 9.17) is 14.5 Å². The summed E-state index contributed by atoms with van der Waals surface area (Å²) in [7, 11) is 0. The van der Waals surface area contributed by atoms with Crippen LogP contribution in [0.25, 0.3) is 11.4 Å². The van der Waals surface area contributed by atoms with Crippen molar-refractivity contribution in [2.24, 2.45) is 5.92 Å². The predicted molar refractivity (Wildman–Crippen MR) is 105 cm³/mol. The van der Waals surface area contributed by atoms with Crippen LogP contribution in [0.1, 0.15) is 57.2 Å². The Hall–Kier alpha value is -2.43. The van der Waals surface area contributed by atoms with E-state index in [9.17, 15) is 4.79 Å². The van der Waals surface area contributed by atoms with E-state index < -0.39 is 6.16 Å². The van der Waals surface area contributed by atoms with Gasteiger partial charge in [-0.3, -0.25) is 0 Å². The van der Waals surface area contributed by atoms with Gasteiger partial charge >= 0.3 is 6.16 Å². The van der Waals surface area contributed by atoms with Crippen LogP contribution >= 0.6 is 0 Å². The summed E-state index contributed by atoms with van der Waals surface area (Å²) in [5, 5.41) is 0. The second-order valence-corrected chi connectivity index (χ2v) is 7.11. The average molecular weight is 368 g/mol. The smallest absolute Gasteiger partial charge is 0.434 e. The Bertz CT molecular complexity index is 759. The molecule has 27 heavy (non-hydrogen) atoms. The number of carbonyl (C=O) groups excluding carboxylic acids is 1. The molecular weight excluding hydrogens is 340 g/mol. The van der Waals surface area contributed by atoms with E-state index in [1.165, 1.54) is 24.1 Å². The van der Waals surface area contributed by atoms with E-state index in [1.54, 1.807) is 12.1 Å². The maximum atomic E-state index is 11.7. The van der Waals surface area contributed by atoms with E-state index in [0.29, 0.717) is 12.4 Å². The molecule has 1 aromatic carbocycles. The van der Waals surface area contributed by atoms with Crippen molar-refractivity contribution in [2.45, 2.75) is 58.8 Å². The van der Waals surface area contributed by atoms with Gasteiger partial charge in [-0.25, -0.2) is 14.8 Å². The second kappa shape index (κ2) is 9.49. The van der Waals surface area contributed by atoms with Gasteiger partial charge in [-0.15, -0.1) is 0 Å². The summed E-state index contributed by atoms with van der Waals surface area (Å²) >= 11 is 0. The molecule has 3 rings (SSSR count). The maximum absolute atomic E-state index is 11.7. The summed E-state index contributed by atoms with van der Waals surface area (Å²) in [5.74, 6) is 1.94. The molecule has 0 bridgehead atoms. The van der Waals surface area contributed by atoms with Crippen molar-refractivity contribution in [1.29, 1.82) is 0 Å². The van der Waals surface area contributed by atoms with Crippen LogP contribution in [0.5, 0.6) is 5.75 Å². The fraction of sp³-hybridized carbons (Fsp3) is 0.500. The van der Waals surface area contributed by atoms with Gasteiger partial charge in [0.15, 0.2) is 5.82 Å². The topological polar surface area (TPSA) is 61.3 Å². The zero-order valence-corrected chi connectivity index (χ0v) is 16.2. The number of hydrogen-bond acceptors (Lipinski definition) is 5. The Balaban J connectivity index is 1.60. The third kappa shape index (κ3) is 5.28. The van der Waals surface area contributed by atoms with Gasteiger partial charge in [0.25, 0.3) is 0 Å². The molecule has 144 valence electrons. The minimum Gasteiger partial charge on any atom is -0.434 e. The number of fused-ring (bicyclic) bond motifs is 1. The van der Waals surface area contributed by atoms with Crippen LogP contribution in [0.15, 0.2) is 30.5 Å². The minimum absolute atomic E-state index is 0.395. The summed E-state index contributed by atoms with van der Waals surface area (Å²) < 4.78 is 10.3. The average Bonchev–Trinajstić information content (AvgIpc) is 2.71. The fourth-order valence-electron chi connectivity index (χ4n) is 3.38. The molecular formula is C22H28N2O3. The van der Waals surface area contributed by atoms with Gasteiger partial charge < -0.3 is 9.47 Å². The third-order valence-electron chi connectivity index (χ3n) is 5.11. The molecule has 2 aromatic rings. The van der Waals surface area contributed by atoms with E-state index in [1.807, 2.05) is 18.3 Å². The highest BCUT2D eigenvalue weighted by Gasteiger charge is 2.19. The lowest BCUT2D eigenvalue weighted by molar-refractivity contribution is 0.0974. The number of carbonyl (C=O) groups is 1. The van der Waals surface area contributed by atoms with Crippen LogP contribution in [-0.4, -0.2) is 22.7 Å². The molecule has 1 heterocycles. The molecule has 0 aliphatic heterocycles. The first kappa shape index (κ1) is 19.3. The quantitative estimate of drug-likeness (QED) is 0.374. The van der Waals surface area contributed by atoms with E-state index in [0.717, 1.165) is 49.4 Å². The van der Waals surface area contributed by atoms with Crippen molar-refractivity contribution >= 4 is 6.16 Å². The molecule has 0 spiro atoms. The summed E-state index contributed by atoms with van der Waals surface area (Å²) in [6.07, 6.45) is 8.82. The van der Waals surface area contributed by atoms with Crippen LogP contribution in [0.2, 0.25) is 0 Å². The molecule has 0 radical (unpaired) electrons. The Labute approximate surface area is 161 Å². The highest BCUT2D eigenvalue weighted by molar-refractivity contribution is 5.65. The fourth-order valence-corrected chi connectivity index (χ4v) is 3.38. The van der Waals surface area contributed by atoms with Gasteiger partial charge in [0.05, 0.1) is 6.61 Å². The predicted octanol–water partition coefficient (Wildman–Crippen LogP) is 5.36. The molecule has 0 saturated carbocycles. The van der Waals surface area contributed by atoms with Gasteiger partial charge in [0, 0.05) is 17.5 Å². The molecule has 0 amide bonds. The highest BCUT2D eigenvalue weighted by atomic mass is 16.7. The molecule has 1 aromatic heterocycles.